The van der Waals surface area contributed by atoms with Crippen LogP contribution in [0.1, 0.15) is 57.0 Å². The summed E-state index contributed by atoms with van der Waals surface area (Å²) in [6.07, 6.45) is 3.70. The quantitative estimate of drug-likeness (QED) is 0.279. The number of carbonyl (C=O) groups excluding carboxylic acids is 1. The summed E-state index contributed by atoms with van der Waals surface area (Å²) in [5, 5.41) is 5.92. The van der Waals surface area contributed by atoms with E-state index in [9.17, 15) is 4.79 Å². The number of carbonyl (C=O) groups is 1. The van der Waals surface area contributed by atoms with Crippen molar-refractivity contribution in [3.63, 3.8) is 0 Å². The largest absolute Gasteiger partial charge is 0.484 e. The number of rotatable bonds is 8. The summed E-state index contributed by atoms with van der Waals surface area (Å²) >= 11 is 1.50. The van der Waals surface area contributed by atoms with Crippen LogP contribution in [0.4, 0.5) is 5.13 Å². The summed E-state index contributed by atoms with van der Waals surface area (Å²) in [5.74, 6) is 0.472. The minimum Gasteiger partial charge on any atom is -0.484 e. The van der Waals surface area contributed by atoms with E-state index in [2.05, 4.69) is 99.5 Å². The third-order valence-corrected chi connectivity index (χ3v) is 6.94. The molecule has 0 bridgehead atoms. The molecule has 182 valence electrons. The number of ether oxygens (including phenoxy) is 1. The maximum Gasteiger partial charge on any atom is 0.264 e. The third kappa shape index (κ3) is 6.70. The Morgan fingerprint density at radius 2 is 1.66 bits per heavy atom. The van der Waals surface area contributed by atoms with Crippen molar-refractivity contribution < 1.29 is 9.53 Å². The van der Waals surface area contributed by atoms with Crippen molar-refractivity contribution in [2.45, 2.75) is 52.9 Å². The van der Waals surface area contributed by atoms with Crippen molar-refractivity contribution in [3.05, 3.63) is 88.9 Å². The molecule has 0 aliphatic carbocycles. The number of hydrogen-bond acceptors (Lipinski definition) is 4. The molecule has 35 heavy (non-hydrogen) atoms. The van der Waals surface area contributed by atoms with Crippen LogP contribution in [0, 0.1) is 5.41 Å². The summed E-state index contributed by atoms with van der Waals surface area (Å²) in [7, 11) is 0. The van der Waals surface area contributed by atoms with E-state index in [1.807, 2.05) is 18.3 Å². The Bertz CT molecular complexity index is 1290. The molecule has 0 fully saturated rings. The molecule has 4 aromatic rings. The van der Waals surface area contributed by atoms with Crippen LogP contribution in [0.15, 0.2) is 72.9 Å². The second kappa shape index (κ2) is 10.2. The fourth-order valence-electron chi connectivity index (χ4n) is 4.82. The van der Waals surface area contributed by atoms with Crippen LogP contribution in [0.5, 0.6) is 5.75 Å². The Morgan fingerprint density at radius 1 is 0.943 bits per heavy atom. The molecular weight excluding hydrogens is 452 g/mol. The number of anilines is 1. The zero-order chi connectivity index (χ0) is 25.1. The monoisotopic (exact) mass is 486 g/mol. The van der Waals surface area contributed by atoms with Gasteiger partial charge in [0.15, 0.2) is 11.7 Å². The van der Waals surface area contributed by atoms with Crippen molar-refractivity contribution in [2.24, 2.45) is 5.41 Å². The molecule has 4 nitrogen and oxygen atoms in total. The number of fused-ring (bicyclic) bond motifs is 1. The van der Waals surface area contributed by atoms with Crippen LogP contribution in [-0.2, 0) is 16.6 Å². The number of nitrogens with one attached hydrogen (secondary N) is 1. The molecule has 0 spiro atoms. The highest BCUT2D eigenvalue weighted by molar-refractivity contribution is 7.15. The predicted octanol–water partition coefficient (Wildman–Crippen LogP) is 7.62. The van der Waals surface area contributed by atoms with Gasteiger partial charge in [-0.1, -0.05) is 89.2 Å². The topological polar surface area (TPSA) is 51.2 Å². The maximum absolute atomic E-state index is 12.4. The summed E-state index contributed by atoms with van der Waals surface area (Å²) in [4.78, 5) is 17.9. The lowest BCUT2D eigenvalue weighted by molar-refractivity contribution is -0.118. The second-order valence-corrected chi connectivity index (χ2v) is 12.0. The van der Waals surface area contributed by atoms with E-state index < -0.39 is 0 Å². The molecular formula is C30H34N2O2S. The average molecular weight is 487 g/mol. The zero-order valence-corrected chi connectivity index (χ0v) is 22.0. The van der Waals surface area contributed by atoms with Crippen LogP contribution in [0.3, 0.4) is 0 Å². The van der Waals surface area contributed by atoms with E-state index >= 15 is 0 Å². The van der Waals surface area contributed by atoms with Crippen molar-refractivity contribution in [1.82, 2.24) is 4.98 Å². The van der Waals surface area contributed by atoms with Gasteiger partial charge in [-0.2, -0.15) is 0 Å². The number of hydrogen-bond donors (Lipinski definition) is 1. The molecule has 1 heterocycles. The summed E-state index contributed by atoms with van der Waals surface area (Å²) in [6.45, 7) is 11.3. The van der Waals surface area contributed by atoms with Gasteiger partial charge in [-0.15, -0.1) is 11.3 Å². The van der Waals surface area contributed by atoms with Crippen molar-refractivity contribution in [3.8, 4) is 5.75 Å². The van der Waals surface area contributed by atoms with Gasteiger partial charge in [-0.3, -0.25) is 10.1 Å². The molecule has 5 heteroatoms. The lowest BCUT2D eigenvalue weighted by Gasteiger charge is -2.33. The standard InChI is InChI=1S/C30H34N2O2S/c1-29(2,3)20-30(4,5)23-13-15-24(16-14-23)34-19-27(33)32-28-31-18-25(35-28)17-22-11-8-10-21-9-6-7-12-26(21)22/h6-16,18H,17,19-20H2,1-5H3,(H,31,32,33). The first-order valence-corrected chi connectivity index (χ1v) is 12.9. The average Bonchev–Trinajstić information content (AvgIpc) is 3.23. The number of nitrogens with zero attached hydrogens (tertiary/aromatic N) is 1. The van der Waals surface area contributed by atoms with Crippen LogP contribution >= 0.6 is 11.3 Å². The molecule has 0 radical (unpaired) electrons. The van der Waals surface area contributed by atoms with Crippen LogP contribution in [-0.4, -0.2) is 17.5 Å². The van der Waals surface area contributed by atoms with Gasteiger partial charge >= 0.3 is 0 Å². The van der Waals surface area contributed by atoms with Gasteiger partial charge in [-0.25, -0.2) is 4.98 Å². The predicted molar refractivity (Wildman–Crippen MR) is 147 cm³/mol. The molecule has 3 aromatic carbocycles. The van der Waals surface area contributed by atoms with Crippen molar-refractivity contribution >= 4 is 33.1 Å². The van der Waals surface area contributed by atoms with Gasteiger partial charge in [0.2, 0.25) is 0 Å². The molecule has 1 aromatic heterocycles. The Labute approximate surface area is 212 Å². The van der Waals surface area contributed by atoms with Gasteiger partial charge < -0.3 is 4.74 Å². The minimum absolute atomic E-state index is 0.0526. The van der Waals surface area contributed by atoms with E-state index in [1.165, 1.54) is 33.2 Å². The number of benzene rings is 3. The summed E-state index contributed by atoms with van der Waals surface area (Å²) < 4.78 is 5.72. The fraction of sp³-hybridized carbons (Fsp3) is 0.333. The normalized spacial score (nSPS) is 12.0. The molecule has 1 amide bonds. The fourth-order valence-corrected chi connectivity index (χ4v) is 5.67. The number of amides is 1. The van der Waals surface area contributed by atoms with E-state index in [0.29, 0.717) is 10.9 Å². The Morgan fingerprint density at radius 3 is 2.40 bits per heavy atom. The second-order valence-electron chi connectivity index (χ2n) is 10.9. The summed E-state index contributed by atoms with van der Waals surface area (Å²) in [6, 6.07) is 22.8. The Hall–Kier alpha value is -3.18. The van der Waals surface area contributed by atoms with Crippen molar-refractivity contribution in [2.75, 3.05) is 11.9 Å². The first kappa shape index (κ1) is 24.9. The smallest absolute Gasteiger partial charge is 0.264 e. The van der Waals surface area contributed by atoms with Gasteiger partial charge in [0.1, 0.15) is 5.75 Å². The lowest BCUT2D eigenvalue weighted by Crippen LogP contribution is -2.24. The third-order valence-electron chi connectivity index (χ3n) is 6.02. The molecule has 0 aliphatic rings. The molecule has 0 aliphatic heterocycles. The van der Waals surface area contributed by atoms with E-state index in [0.717, 1.165) is 17.7 Å². The molecule has 0 saturated heterocycles. The SMILES string of the molecule is CC(C)(C)CC(C)(C)c1ccc(OCC(=O)Nc2ncc(Cc3cccc4ccccc34)s2)cc1. The highest BCUT2D eigenvalue weighted by Crippen LogP contribution is 2.36. The van der Waals surface area contributed by atoms with Crippen molar-refractivity contribution in [1.29, 1.82) is 0 Å². The van der Waals surface area contributed by atoms with E-state index in [4.69, 9.17) is 4.74 Å². The number of aromatic nitrogens is 1. The van der Waals surface area contributed by atoms with Crippen LogP contribution in [0.25, 0.3) is 10.8 Å². The minimum atomic E-state index is -0.215. The lowest BCUT2D eigenvalue weighted by atomic mass is 9.72. The molecule has 4 rings (SSSR count). The van der Waals surface area contributed by atoms with Gasteiger partial charge in [0, 0.05) is 17.5 Å². The van der Waals surface area contributed by atoms with Gasteiger partial charge in [0.25, 0.3) is 5.91 Å². The molecule has 1 N–H and O–H groups in total. The zero-order valence-electron chi connectivity index (χ0n) is 21.2. The first-order chi connectivity index (χ1) is 16.6. The first-order valence-electron chi connectivity index (χ1n) is 12.0. The molecule has 0 atom stereocenters. The van der Waals surface area contributed by atoms with Gasteiger partial charge in [0.05, 0.1) is 0 Å². The maximum atomic E-state index is 12.4. The van der Waals surface area contributed by atoms with E-state index in [-0.39, 0.29) is 23.3 Å². The molecule has 0 saturated carbocycles. The highest BCUT2D eigenvalue weighted by Gasteiger charge is 2.27. The highest BCUT2D eigenvalue weighted by atomic mass is 32.1. The molecule has 0 unspecified atom stereocenters. The van der Waals surface area contributed by atoms with Crippen LogP contribution in [0.2, 0.25) is 0 Å². The summed E-state index contributed by atoms with van der Waals surface area (Å²) in [5.41, 5.74) is 2.84. The van der Waals surface area contributed by atoms with Gasteiger partial charge in [-0.05, 0) is 51.3 Å². The Kier molecular flexibility index (Phi) is 7.27. The van der Waals surface area contributed by atoms with Crippen LogP contribution < -0.4 is 10.1 Å². The number of thiazole rings is 1. The van der Waals surface area contributed by atoms with E-state index in [1.54, 1.807) is 0 Å². The Balaban J connectivity index is 1.31.